The van der Waals surface area contributed by atoms with Gasteiger partial charge in [0.1, 0.15) is 24.1 Å². The first kappa shape index (κ1) is 43.1. The van der Waals surface area contributed by atoms with Gasteiger partial charge in [0.05, 0.1) is 63.1 Å². The molecule has 7 aliphatic heterocycles. The SMILES string of the molecule is COc1cc(N2CCC3(CC2)OCC(CC2CCN4c5ccc6c(c5OC[C@]4(C)C2)CN([C@@H]2CCC(=O)NC2=O)C6=O)CO3)ccc1[C@@H]1c2ccc3cnncc3c2C[C@@H](C)N1CC(F)F. The second-order valence-electron chi connectivity index (χ2n) is 19.9. The maximum Gasteiger partial charge on any atom is 0.255 e. The Bertz CT molecular complexity index is 2580. The number of anilines is 2. The van der Waals surface area contributed by atoms with Crippen LogP contribution in [0.5, 0.6) is 11.5 Å². The number of carbonyl (C=O) groups excluding carboxylic acids is 3. The number of hydrogen-bond donors (Lipinski definition) is 1. The Kier molecular flexibility index (Phi) is 10.9. The molecule has 66 heavy (non-hydrogen) atoms. The van der Waals surface area contributed by atoms with E-state index in [2.05, 4.69) is 38.3 Å². The molecule has 5 atom stereocenters. The Hall–Kier alpha value is -5.45. The zero-order chi connectivity index (χ0) is 45.5. The van der Waals surface area contributed by atoms with E-state index in [4.69, 9.17) is 18.9 Å². The van der Waals surface area contributed by atoms with Crippen molar-refractivity contribution in [2.24, 2.45) is 11.8 Å². The number of imide groups is 1. The minimum Gasteiger partial charge on any atom is -0.496 e. The van der Waals surface area contributed by atoms with Gasteiger partial charge in [-0.05, 0) is 81.2 Å². The van der Waals surface area contributed by atoms with Crippen LogP contribution in [0.1, 0.15) is 97.4 Å². The minimum atomic E-state index is -2.48. The van der Waals surface area contributed by atoms with Crippen LogP contribution in [0.25, 0.3) is 10.8 Å². The van der Waals surface area contributed by atoms with Crippen molar-refractivity contribution in [1.82, 2.24) is 25.3 Å². The van der Waals surface area contributed by atoms with E-state index in [9.17, 15) is 23.2 Å². The van der Waals surface area contributed by atoms with E-state index >= 15 is 0 Å². The number of nitrogens with one attached hydrogen (secondary N) is 1. The smallest absolute Gasteiger partial charge is 0.255 e. The second kappa shape index (κ2) is 16.7. The summed E-state index contributed by atoms with van der Waals surface area (Å²) in [6.07, 6.45) is 6.66. The number of alkyl halides is 2. The van der Waals surface area contributed by atoms with Crippen molar-refractivity contribution in [3.8, 4) is 11.5 Å². The highest BCUT2D eigenvalue weighted by molar-refractivity contribution is 6.06. The topological polar surface area (TPSA) is 139 Å². The Morgan fingerprint density at radius 1 is 0.939 bits per heavy atom. The molecule has 4 fully saturated rings. The van der Waals surface area contributed by atoms with E-state index in [0.29, 0.717) is 49.9 Å². The van der Waals surface area contributed by atoms with Gasteiger partial charge < -0.3 is 33.6 Å². The number of ether oxygens (including phenoxy) is 4. The number of nitrogens with zero attached hydrogens (tertiary/aromatic N) is 6. The monoisotopic (exact) mass is 905 g/mol. The number of amides is 3. The minimum absolute atomic E-state index is 0.130. The lowest BCUT2D eigenvalue weighted by atomic mass is 9.76. The van der Waals surface area contributed by atoms with Gasteiger partial charge >= 0.3 is 0 Å². The Balaban J connectivity index is 0.713. The first-order chi connectivity index (χ1) is 31.9. The Morgan fingerprint density at radius 2 is 1.73 bits per heavy atom. The third-order valence-corrected chi connectivity index (χ3v) is 15.8. The van der Waals surface area contributed by atoms with Crippen LogP contribution in [0.15, 0.2) is 54.9 Å². The van der Waals surface area contributed by atoms with Crippen LogP contribution in [0.2, 0.25) is 0 Å². The molecule has 1 unspecified atom stereocenters. The number of benzene rings is 3. The van der Waals surface area contributed by atoms with Crippen LogP contribution < -0.4 is 24.6 Å². The molecule has 0 radical (unpaired) electrons. The number of rotatable bonds is 8. The average molecular weight is 906 g/mol. The summed E-state index contributed by atoms with van der Waals surface area (Å²) in [5, 5.41) is 12.6. The number of halogens is 2. The molecule has 16 heteroatoms. The van der Waals surface area contributed by atoms with Gasteiger partial charge in [0.2, 0.25) is 11.8 Å². The van der Waals surface area contributed by atoms with Crippen molar-refractivity contribution < 1.29 is 42.1 Å². The lowest BCUT2D eigenvalue weighted by Gasteiger charge is -2.52. The maximum atomic E-state index is 14.1. The quantitative estimate of drug-likeness (QED) is 0.196. The average Bonchev–Trinajstić information content (AvgIpc) is 3.65. The lowest BCUT2D eigenvalue weighted by molar-refractivity contribution is -0.292. The molecule has 0 bridgehead atoms. The van der Waals surface area contributed by atoms with Crippen molar-refractivity contribution in [2.75, 3.05) is 62.9 Å². The third kappa shape index (κ3) is 7.43. The molecule has 3 aromatic carbocycles. The largest absolute Gasteiger partial charge is 0.496 e. The van der Waals surface area contributed by atoms with Crippen LogP contribution in [-0.2, 0) is 32.0 Å². The van der Waals surface area contributed by atoms with Crippen LogP contribution in [0.4, 0.5) is 20.2 Å². The Labute approximate surface area is 382 Å². The predicted octanol–water partition coefficient (Wildman–Crippen LogP) is 6.42. The molecule has 7 aliphatic rings. The molecule has 8 heterocycles. The molecular formula is C50H57F2N7O7. The number of hydrogen-bond acceptors (Lipinski definition) is 12. The molecule has 11 rings (SSSR count). The molecule has 0 aliphatic carbocycles. The zero-order valence-corrected chi connectivity index (χ0v) is 37.8. The summed E-state index contributed by atoms with van der Waals surface area (Å²) in [5.74, 6) is 0.635. The third-order valence-electron chi connectivity index (χ3n) is 15.8. The number of methoxy groups -OCH3 is 1. The molecule has 1 N–H and O–H groups in total. The normalized spacial score (nSPS) is 27.7. The van der Waals surface area contributed by atoms with Crippen molar-refractivity contribution in [1.29, 1.82) is 0 Å². The van der Waals surface area contributed by atoms with Gasteiger partial charge in [0, 0.05) is 90.1 Å². The van der Waals surface area contributed by atoms with E-state index in [1.165, 1.54) is 0 Å². The first-order valence-corrected chi connectivity index (χ1v) is 23.6. The summed E-state index contributed by atoms with van der Waals surface area (Å²) in [6.45, 7) is 8.39. The highest BCUT2D eigenvalue weighted by atomic mass is 19.3. The standard InChI is InChI=1S/C50H57F2N7O7/c1-29-18-37-34(6-4-32-22-53-54-23-38(32)37)45(57(29)25-43(51)52)36-7-5-33(20-42(36)63-3)56-16-13-50(14-17-56)65-26-31(27-66-50)19-30-12-15-59-40-9-8-35-39(46(40)64-28-49(59,2)21-30)24-58(48(35)62)41-10-11-44(60)55-47(41)61/h4-9,20,22-23,29-31,41,43,45H,10-19,21,24-28H2,1-3H3,(H,55,60,61)/t29-,30?,41-,45+,49+/m1/s1. The Morgan fingerprint density at radius 3 is 2.50 bits per heavy atom. The van der Waals surface area contributed by atoms with E-state index in [-0.39, 0.29) is 48.8 Å². The van der Waals surface area contributed by atoms with Gasteiger partial charge in [-0.25, -0.2) is 8.78 Å². The second-order valence-corrected chi connectivity index (χ2v) is 19.9. The molecule has 348 valence electrons. The van der Waals surface area contributed by atoms with Gasteiger partial charge in [-0.3, -0.25) is 24.6 Å². The number of fused-ring (bicyclic) bond motifs is 8. The number of piperidine rings is 3. The molecule has 1 spiro atoms. The summed E-state index contributed by atoms with van der Waals surface area (Å²) in [5.41, 5.74) is 6.15. The van der Waals surface area contributed by atoms with Crippen molar-refractivity contribution in [2.45, 2.75) is 108 Å². The van der Waals surface area contributed by atoms with Crippen LogP contribution in [0.3, 0.4) is 0 Å². The summed E-state index contributed by atoms with van der Waals surface area (Å²) < 4.78 is 54.2. The van der Waals surface area contributed by atoms with Crippen LogP contribution in [-0.4, -0.2) is 121 Å². The molecule has 4 aromatic rings. The highest BCUT2D eigenvalue weighted by Gasteiger charge is 2.48. The number of aromatic nitrogens is 2. The molecule has 1 aromatic heterocycles. The van der Waals surface area contributed by atoms with Gasteiger partial charge in [-0.2, -0.15) is 10.2 Å². The number of carbonyl (C=O) groups is 3. The molecule has 4 saturated heterocycles. The molecule has 0 saturated carbocycles. The van der Waals surface area contributed by atoms with Crippen molar-refractivity contribution >= 4 is 39.9 Å². The maximum absolute atomic E-state index is 14.1. The van der Waals surface area contributed by atoms with Gasteiger partial charge in [0.25, 0.3) is 12.3 Å². The summed E-state index contributed by atoms with van der Waals surface area (Å²) >= 11 is 0. The molecule has 3 amide bonds. The summed E-state index contributed by atoms with van der Waals surface area (Å²) in [7, 11) is 1.65. The van der Waals surface area contributed by atoms with E-state index in [1.54, 1.807) is 24.4 Å². The molecular weight excluding hydrogens is 849 g/mol. The molecule has 14 nitrogen and oxygen atoms in total. The summed E-state index contributed by atoms with van der Waals surface area (Å²) in [4.78, 5) is 46.2. The summed E-state index contributed by atoms with van der Waals surface area (Å²) in [6, 6.07) is 12.9. The van der Waals surface area contributed by atoms with Crippen molar-refractivity contribution in [3.63, 3.8) is 0 Å². The van der Waals surface area contributed by atoms with Gasteiger partial charge in [-0.15, -0.1) is 0 Å². The van der Waals surface area contributed by atoms with Crippen LogP contribution >= 0.6 is 0 Å². The van der Waals surface area contributed by atoms with Crippen LogP contribution in [0, 0.1) is 11.8 Å². The lowest BCUT2D eigenvalue weighted by Crippen LogP contribution is -2.58. The van der Waals surface area contributed by atoms with E-state index < -0.39 is 30.2 Å². The van der Waals surface area contributed by atoms with E-state index in [0.717, 1.165) is 102 Å². The fraction of sp³-hybridized carbons (Fsp3) is 0.540. The van der Waals surface area contributed by atoms with Gasteiger partial charge in [0.15, 0.2) is 5.79 Å². The highest BCUT2D eigenvalue weighted by Crippen LogP contribution is 2.50. The van der Waals surface area contributed by atoms with E-state index in [1.807, 2.05) is 48.2 Å². The zero-order valence-electron chi connectivity index (χ0n) is 37.8. The van der Waals surface area contributed by atoms with Crippen molar-refractivity contribution in [3.05, 3.63) is 82.7 Å². The first-order valence-electron chi connectivity index (χ1n) is 23.6. The van der Waals surface area contributed by atoms with Gasteiger partial charge in [-0.1, -0.05) is 18.2 Å². The predicted molar refractivity (Wildman–Crippen MR) is 241 cm³/mol. The fourth-order valence-corrected chi connectivity index (χ4v) is 12.4. The fourth-order valence-electron chi connectivity index (χ4n) is 12.4.